The molecule has 0 aliphatic heterocycles. The maximum atomic E-state index is 5.49. The van der Waals surface area contributed by atoms with Crippen LogP contribution in [0.1, 0.15) is 33.6 Å². The molecule has 0 bridgehead atoms. The highest BCUT2D eigenvalue weighted by Gasteiger charge is 2.24. The molecule has 1 aliphatic rings. The van der Waals surface area contributed by atoms with Crippen LogP contribution in [0.25, 0.3) is 0 Å². The number of hydrogen-bond acceptors (Lipinski definition) is 2. The standard InChI is InChI=1S/C11H16O2.C2H6/c1-8(2)7-11(12-4)9(3)13-10-5-6-10;1-2/h7,10H,1,3,5-6H2,2,4H3;1-2H3/b11-7+;. The summed E-state index contributed by atoms with van der Waals surface area (Å²) in [6.07, 6.45) is 4.44. The van der Waals surface area contributed by atoms with Gasteiger partial charge in [0.1, 0.15) is 0 Å². The Hall–Kier alpha value is -1.18. The minimum absolute atomic E-state index is 0.358. The highest BCUT2D eigenvalue weighted by molar-refractivity contribution is 5.26. The molecule has 0 aromatic heterocycles. The van der Waals surface area contributed by atoms with E-state index in [1.54, 1.807) is 7.11 Å². The van der Waals surface area contributed by atoms with Crippen LogP contribution in [-0.4, -0.2) is 13.2 Å². The number of allylic oxidation sites excluding steroid dienone is 2. The lowest BCUT2D eigenvalue weighted by Crippen LogP contribution is -1.98. The summed E-state index contributed by atoms with van der Waals surface area (Å²) in [6, 6.07) is 0. The second-order valence-corrected chi connectivity index (χ2v) is 3.30. The zero-order valence-electron chi connectivity index (χ0n) is 10.3. The Morgan fingerprint density at radius 2 is 1.80 bits per heavy atom. The van der Waals surface area contributed by atoms with Crippen molar-refractivity contribution in [3.8, 4) is 0 Å². The summed E-state index contributed by atoms with van der Waals surface area (Å²) in [7, 11) is 1.61. The lowest BCUT2D eigenvalue weighted by atomic mass is 10.3. The van der Waals surface area contributed by atoms with Crippen LogP contribution in [-0.2, 0) is 9.47 Å². The van der Waals surface area contributed by atoms with Gasteiger partial charge in [-0.1, -0.05) is 32.6 Å². The molecular formula is C13H22O2. The van der Waals surface area contributed by atoms with Crippen molar-refractivity contribution in [2.45, 2.75) is 39.7 Å². The highest BCUT2D eigenvalue weighted by atomic mass is 16.5. The Kier molecular flexibility index (Phi) is 6.59. The predicted octanol–water partition coefficient (Wildman–Crippen LogP) is 3.81. The molecule has 1 aliphatic carbocycles. The van der Waals surface area contributed by atoms with E-state index in [1.807, 2.05) is 26.8 Å². The highest BCUT2D eigenvalue weighted by Crippen LogP contribution is 2.28. The fourth-order valence-electron chi connectivity index (χ4n) is 0.922. The third-order valence-electron chi connectivity index (χ3n) is 1.71. The van der Waals surface area contributed by atoms with Crippen LogP contribution in [0.3, 0.4) is 0 Å². The van der Waals surface area contributed by atoms with Crippen LogP contribution >= 0.6 is 0 Å². The van der Waals surface area contributed by atoms with E-state index in [2.05, 4.69) is 13.2 Å². The fourth-order valence-corrected chi connectivity index (χ4v) is 0.922. The summed E-state index contributed by atoms with van der Waals surface area (Å²) in [6.45, 7) is 13.5. The number of hydrogen-bond donors (Lipinski definition) is 0. The van der Waals surface area contributed by atoms with Gasteiger partial charge in [0.25, 0.3) is 0 Å². The first-order valence-corrected chi connectivity index (χ1v) is 5.40. The number of methoxy groups -OCH3 is 1. The lowest BCUT2D eigenvalue weighted by Gasteiger charge is -2.10. The second kappa shape index (κ2) is 7.16. The van der Waals surface area contributed by atoms with Crippen molar-refractivity contribution >= 4 is 0 Å². The molecule has 1 fully saturated rings. The minimum atomic E-state index is 0.358. The zero-order chi connectivity index (χ0) is 11.8. The van der Waals surface area contributed by atoms with Gasteiger partial charge in [0, 0.05) is 0 Å². The van der Waals surface area contributed by atoms with E-state index in [1.165, 1.54) is 0 Å². The summed E-state index contributed by atoms with van der Waals surface area (Å²) in [5.41, 5.74) is 0.928. The summed E-state index contributed by atoms with van der Waals surface area (Å²) in [5.74, 6) is 1.27. The maximum absolute atomic E-state index is 5.49. The van der Waals surface area contributed by atoms with E-state index in [0.29, 0.717) is 17.6 Å². The smallest absolute Gasteiger partial charge is 0.160 e. The molecule has 1 rings (SSSR count). The van der Waals surface area contributed by atoms with Gasteiger partial charge in [-0.05, 0) is 25.8 Å². The van der Waals surface area contributed by atoms with Gasteiger partial charge in [-0.25, -0.2) is 0 Å². The van der Waals surface area contributed by atoms with Gasteiger partial charge in [-0.15, -0.1) is 0 Å². The lowest BCUT2D eigenvalue weighted by molar-refractivity contribution is 0.166. The van der Waals surface area contributed by atoms with Crippen LogP contribution in [0.15, 0.2) is 36.3 Å². The van der Waals surface area contributed by atoms with Crippen LogP contribution in [0.2, 0.25) is 0 Å². The molecule has 0 saturated heterocycles. The Bertz CT molecular complexity index is 247. The quantitative estimate of drug-likeness (QED) is 0.507. The first-order chi connectivity index (χ1) is 7.13. The minimum Gasteiger partial charge on any atom is -0.493 e. The molecule has 0 N–H and O–H groups in total. The van der Waals surface area contributed by atoms with Crippen molar-refractivity contribution in [3.05, 3.63) is 36.3 Å². The van der Waals surface area contributed by atoms with Crippen LogP contribution in [0.5, 0.6) is 0 Å². The molecule has 1 saturated carbocycles. The van der Waals surface area contributed by atoms with E-state index >= 15 is 0 Å². The summed E-state index contributed by atoms with van der Waals surface area (Å²) >= 11 is 0. The first kappa shape index (κ1) is 13.8. The van der Waals surface area contributed by atoms with E-state index in [9.17, 15) is 0 Å². The molecule has 86 valence electrons. The van der Waals surface area contributed by atoms with E-state index in [4.69, 9.17) is 9.47 Å². The Morgan fingerprint density at radius 1 is 1.27 bits per heavy atom. The van der Waals surface area contributed by atoms with Crippen LogP contribution in [0, 0.1) is 0 Å². The van der Waals surface area contributed by atoms with Gasteiger partial charge < -0.3 is 9.47 Å². The van der Waals surface area contributed by atoms with Crippen molar-refractivity contribution in [2.24, 2.45) is 0 Å². The van der Waals surface area contributed by atoms with Crippen molar-refractivity contribution in [1.29, 1.82) is 0 Å². The molecule has 2 heteroatoms. The van der Waals surface area contributed by atoms with E-state index in [-0.39, 0.29) is 0 Å². The molecular weight excluding hydrogens is 188 g/mol. The van der Waals surface area contributed by atoms with Gasteiger partial charge in [-0.2, -0.15) is 0 Å². The topological polar surface area (TPSA) is 18.5 Å². The van der Waals surface area contributed by atoms with E-state index < -0.39 is 0 Å². The molecule has 2 nitrogen and oxygen atoms in total. The summed E-state index contributed by atoms with van der Waals surface area (Å²) in [4.78, 5) is 0. The predicted molar refractivity (Wildman–Crippen MR) is 64.5 cm³/mol. The number of ether oxygens (including phenoxy) is 2. The largest absolute Gasteiger partial charge is 0.493 e. The third-order valence-corrected chi connectivity index (χ3v) is 1.71. The molecule has 0 aromatic carbocycles. The zero-order valence-corrected chi connectivity index (χ0v) is 10.3. The molecule has 0 spiro atoms. The van der Waals surface area contributed by atoms with E-state index in [0.717, 1.165) is 18.4 Å². The van der Waals surface area contributed by atoms with Gasteiger partial charge in [0.15, 0.2) is 11.5 Å². The average molecular weight is 210 g/mol. The Balaban J connectivity index is 0.000000921. The molecule has 0 radical (unpaired) electrons. The molecule has 0 atom stereocenters. The van der Waals surface area contributed by atoms with Crippen molar-refractivity contribution in [2.75, 3.05) is 7.11 Å². The molecule has 0 unspecified atom stereocenters. The fraction of sp³-hybridized carbons (Fsp3) is 0.538. The first-order valence-electron chi connectivity index (χ1n) is 5.40. The van der Waals surface area contributed by atoms with Crippen molar-refractivity contribution in [1.82, 2.24) is 0 Å². The van der Waals surface area contributed by atoms with Crippen molar-refractivity contribution in [3.63, 3.8) is 0 Å². The summed E-state index contributed by atoms with van der Waals surface area (Å²) < 4.78 is 10.6. The van der Waals surface area contributed by atoms with Crippen LogP contribution < -0.4 is 0 Å². The molecule has 0 aromatic rings. The van der Waals surface area contributed by atoms with Crippen LogP contribution in [0.4, 0.5) is 0 Å². The number of rotatable bonds is 5. The van der Waals surface area contributed by atoms with Gasteiger partial charge >= 0.3 is 0 Å². The normalized spacial score (nSPS) is 14.8. The Morgan fingerprint density at radius 3 is 2.13 bits per heavy atom. The monoisotopic (exact) mass is 210 g/mol. The van der Waals surface area contributed by atoms with Gasteiger partial charge in [-0.3, -0.25) is 0 Å². The SMILES string of the molecule is C=C(C)/C=C(/OC)C(=C)OC1CC1.CC. The second-order valence-electron chi connectivity index (χ2n) is 3.30. The average Bonchev–Trinajstić information content (AvgIpc) is 3.00. The molecule has 0 heterocycles. The maximum Gasteiger partial charge on any atom is 0.160 e. The summed E-state index contributed by atoms with van der Waals surface area (Å²) in [5, 5.41) is 0. The van der Waals surface area contributed by atoms with Gasteiger partial charge in [0.05, 0.1) is 13.2 Å². The molecule has 15 heavy (non-hydrogen) atoms. The molecule has 0 amide bonds. The van der Waals surface area contributed by atoms with Crippen molar-refractivity contribution < 1.29 is 9.47 Å². The van der Waals surface area contributed by atoms with Gasteiger partial charge in [0.2, 0.25) is 0 Å². The third kappa shape index (κ3) is 6.00. The Labute approximate surface area is 93.3 Å².